The zero-order valence-electron chi connectivity index (χ0n) is 14.0. The number of ketones is 1. The van der Waals surface area contributed by atoms with E-state index in [9.17, 15) is 19.2 Å². The number of hydrogen-bond donors (Lipinski definition) is 0. The summed E-state index contributed by atoms with van der Waals surface area (Å²) in [6.45, 7) is 3.00. The van der Waals surface area contributed by atoms with E-state index in [1.165, 1.54) is 37.5 Å². The van der Waals surface area contributed by atoms with Gasteiger partial charge in [0.2, 0.25) is 6.20 Å². The van der Waals surface area contributed by atoms with Gasteiger partial charge < -0.3 is 5.21 Å². The van der Waals surface area contributed by atoms with Gasteiger partial charge in [0.1, 0.15) is 17.2 Å². The highest BCUT2D eigenvalue weighted by Gasteiger charge is 2.19. The molecule has 0 fully saturated rings. The molecule has 3 rings (SSSR count). The molecular weight excluding hydrogens is 357 g/mol. The number of carbonyl (C=O) groups is 1. The number of nitrogens with zero attached hydrogens (tertiary/aromatic N) is 3. The number of hydrogen-bond acceptors (Lipinski definition) is 5. The Morgan fingerprint density at radius 3 is 2.58 bits per heavy atom. The molecule has 0 radical (unpaired) electrons. The minimum absolute atomic E-state index is 0.135. The van der Waals surface area contributed by atoms with Crippen molar-refractivity contribution in [1.82, 2.24) is 9.78 Å². The average molecular weight is 371 g/mol. The first kappa shape index (κ1) is 17.8. The van der Waals surface area contributed by atoms with Gasteiger partial charge in [-0.05, 0) is 42.8 Å². The molecule has 0 amide bonds. The fourth-order valence-electron chi connectivity index (χ4n) is 2.40. The highest BCUT2D eigenvalue weighted by Crippen LogP contribution is 2.29. The highest BCUT2D eigenvalue weighted by molar-refractivity contribution is 7.99. The third-order valence-electron chi connectivity index (χ3n) is 3.65. The zero-order valence-corrected chi connectivity index (χ0v) is 14.8. The van der Waals surface area contributed by atoms with Gasteiger partial charge in [-0.3, -0.25) is 9.59 Å². The van der Waals surface area contributed by atoms with Crippen molar-refractivity contribution in [2.75, 3.05) is 0 Å². The molecule has 8 heteroatoms. The number of Topliss-reactive ketones (excluding diaryl/α,β-unsaturated/α-hetero) is 1. The lowest BCUT2D eigenvalue weighted by molar-refractivity contribution is -0.605. The number of aromatic nitrogens is 3. The SMILES string of the molecule is CC(=O)c1nn(-c2ccc[n+]([O-])c2)c(=O)c(Sc2ccc(F)cc2)c1C. The van der Waals surface area contributed by atoms with Gasteiger partial charge in [-0.25, -0.2) is 4.39 Å². The number of halogens is 1. The van der Waals surface area contributed by atoms with Gasteiger partial charge >= 0.3 is 0 Å². The Labute approximate surface area is 152 Å². The van der Waals surface area contributed by atoms with E-state index in [1.54, 1.807) is 25.1 Å². The Kier molecular flexibility index (Phi) is 4.85. The summed E-state index contributed by atoms with van der Waals surface area (Å²) in [6.07, 6.45) is 2.47. The Morgan fingerprint density at radius 2 is 1.96 bits per heavy atom. The summed E-state index contributed by atoms with van der Waals surface area (Å²) in [5, 5.41) is 15.7. The minimum Gasteiger partial charge on any atom is -0.619 e. The van der Waals surface area contributed by atoms with Crippen LogP contribution in [0.15, 0.2) is 63.4 Å². The van der Waals surface area contributed by atoms with Crippen molar-refractivity contribution < 1.29 is 13.9 Å². The van der Waals surface area contributed by atoms with Crippen LogP contribution >= 0.6 is 11.8 Å². The van der Waals surface area contributed by atoms with E-state index < -0.39 is 5.56 Å². The smallest absolute Gasteiger partial charge is 0.286 e. The molecule has 0 saturated carbocycles. The third-order valence-corrected chi connectivity index (χ3v) is 4.85. The van der Waals surface area contributed by atoms with Gasteiger partial charge in [0.15, 0.2) is 12.0 Å². The van der Waals surface area contributed by atoms with E-state index in [2.05, 4.69) is 5.10 Å². The Morgan fingerprint density at radius 1 is 1.27 bits per heavy atom. The molecule has 0 bridgehead atoms. The van der Waals surface area contributed by atoms with Crippen molar-refractivity contribution in [3.05, 3.63) is 81.4 Å². The molecule has 6 nitrogen and oxygen atoms in total. The molecule has 0 atom stereocenters. The van der Waals surface area contributed by atoms with Crippen LogP contribution in [0, 0.1) is 17.9 Å². The van der Waals surface area contributed by atoms with Crippen LogP contribution < -0.4 is 10.3 Å². The summed E-state index contributed by atoms with van der Waals surface area (Å²) in [7, 11) is 0. The van der Waals surface area contributed by atoms with Crippen molar-refractivity contribution >= 4 is 17.5 Å². The first-order valence-corrected chi connectivity index (χ1v) is 8.46. The molecule has 0 aliphatic carbocycles. The van der Waals surface area contributed by atoms with E-state index >= 15 is 0 Å². The monoisotopic (exact) mass is 371 g/mol. The second-order valence-electron chi connectivity index (χ2n) is 5.55. The summed E-state index contributed by atoms with van der Waals surface area (Å²) in [5.74, 6) is -0.685. The average Bonchev–Trinajstić information content (AvgIpc) is 2.60. The fraction of sp³-hybridized carbons (Fsp3) is 0.111. The van der Waals surface area contributed by atoms with Crippen LogP contribution in [0.2, 0.25) is 0 Å². The lowest BCUT2D eigenvalue weighted by Gasteiger charge is -2.12. The molecule has 26 heavy (non-hydrogen) atoms. The lowest BCUT2D eigenvalue weighted by Crippen LogP contribution is -2.30. The summed E-state index contributed by atoms with van der Waals surface area (Å²) in [6, 6.07) is 8.71. The van der Waals surface area contributed by atoms with E-state index in [4.69, 9.17) is 0 Å². The largest absolute Gasteiger partial charge is 0.619 e. The van der Waals surface area contributed by atoms with Crippen LogP contribution in [0.1, 0.15) is 23.0 Å². The number of rotatable bonds is 4. The molecule has 0 aliphatic rings. The third kappa shape index (κ3) is 3.50. The van der Waals surface area contributed by atoms with Crippen LogP contribution in [0.4, 0.5) is 4.39 Å². The zero-order chi connectivity index (χ0) is 18.8. The maximum atomic E-state index is 13.1. The van der Waals surface area contributed by atoms with Crippen LogP contribution in [0.25, 0.3) is 5.69 Å². The summed E-state index contributed by atoms with van der Waals surface area (Å²) in [5.41, 5.74) is 0.360. The quantitative estimate of drug-likeness (QED) is 0.400. The van der Waals surface area contributed by atoms with E-state index in [0.29, 0.717) is 15.2 Å². The first-order valence-electron chi connectivity index (χ1n) is 7.64. The standard InChI is InChI=1S/C18H14FN3O3S/c1-11-16(12(2)23)20-22(14-4-3-9-21(25)10-14)18(24)17(11)26-15-7-5-13(19)6-8-15/h3-10H,1-2H3. The molecule has 0 spiro atoms. The Balaban J connectivity index is 2.21. The maximum absolute atomic E-state index is 13.1. The summed E-state index contributed by atoms with van der Waals surface area (Å²) in [4.78, 5) is 25.8. The molecule has 3 aromatic rings. The van der Waals surface area contributed by atoms with Crippen LogP contribution in [0.5, 0.6) is 0 Å². The molecule has 1 aromatic carbocycles. The van der Waals surface area contributed by atoms with Crippen molar-refractivity contribution in [2.45, 2.75) is 23.6 Å². The van der Waals surface area contributed by atoms with Gasteiger partial charge in [-0.1, -0.05) is 11.8 Å². The Hall–Kier alpha value is -3.00. The van der Waals surface area contributed by atoms with Crippen molar-refractivity contribution in [3.8, 4) is 5.69 Å². The lowest BCUT2D eigenvalue weighted by atomic mass is 10.2. The summed E-state index contributed by atoms with van der Waals surface area (Å²) < 4.78 is 14.7. The van der Waals surface area contributed by atoms with E-state index in [1.807, 2.05) is 0 Å². The van der Waals surface area contributed by atoms with Crippen LogP contribution in [-0.2, 0) is 0 Å². The number of pyridine rings is 1. The molecule has 2 heterocycles. The number of carbonyl (C=O) groups excluding carboxylic acids is 1. The summed E-state index contributed by atoms with van der Waals surface area (Å²) >= 11 is 1.12. The van der Waals surface area contributed by atoms with Crippen LogP contribution in [0.3, 0.4) is 0 Å². The van der Waals surface area contributed by atoms with Gasteiger partial charge in [-0.15, -0.1) is 0 Å². The van der Waals surface area contributed by atoms with Crippen molar-refractivity contribution in [2.24, 2.45) is 0 Å². The second kappa shape index (κ2) is 7.09. The van der Waals surface area contributed by atoms with Crippen LogP contribution in [-0.4, -0.2) is 15.6 Å². The maximum Gasteiger partial charge on any atom is 0.286 e. The molecule has 132 valence electrons. The predicted molar refractivity (Wildman–Crippen MR) is 94.1 cm³/mol. The predicted octanol–water partition coefficient (Wildman–Crippen LogP) is 2.67. The molecule has 0 unspecified atom stereocenters. The molecule has 0 saturated heterocycles. The van der Waals surface area contributed by atoms with Gasteiger partial charge in [0.05, 0.1) is 4.90 Å². The van der Waals surface area contributed by atoms with E-state index in [0.717, 1.165) is 16.4 Å². The number of benzene rings is 1. The Bertz CT molecular complexity index is 1050. The molecule has 0 N–H and O–H groups in total. The molecular formula is C18H14FN3O3S. The normalized spacial score (nSPS) is 10.7. The van der Waals surface area contributed by atoms with Gasteiger partial charge in [0, 0.05) is 17.9 Å². The van der Waals surface area contributed by atoms with Crippen molar-refractivity contribution in [3.63, 3.8) is 0 Å². The minimum atomic E-state index is -0.465. The topological polar surface area (TPSA) is 78.9 Å². The fourth-order valence-corrected chi connectivity index (χ4v) is 3.33. The van der Waals surface area contributed by atoms with Gasteiger partial charge in [-0.2, -0.15) is 14.5 Å². The van der Waals surface area contributed by atoms with Crippen molar-refractivity contribution in [1.29, 1.82) is 0 Å². The van der Waals surface area contributed by atoms with Gasteiger partial charge in [0.25, 0.3) is 5.56 Å². The first-order chi connectivity index (χ1) is 12.4. The highest BCUT2D eigenvalue weighted by atomic mass is 32.2. The molecule has 2 aromatic heterocycles. The van der Waals surface area contributed by atoms with E-state index in [-0.39, 0.29) is 27.9 Å². The molecule has 0 aliphatic heterocycles. The second-order valence-corrected chi connectivity index (χ2v) is 6.64.